The van der Waals surface area contributed by atoms with Gasteiger partial charge in [0.2, 0.25) is 59.1 Å². The molecule has 360 valence electrons. The molecule has 26 nitrogen and oxygen atoms in total. The highest BCUT2D eigenvalue weighted by Crippen LogP contribution is 2.12. The fraction of sp³-hybridized carbons (Fsp3) is 0.538. The maximum Gasteiger partial charge on any atom is 0.326 e. The monoisotopic (exact) mass is 921 g/mol. The second-order valence-corrected chi connectivity index (χ2v) is 15.6. The van der Waals surface area contributed by atoms with Crippen LogP contribution in [0.3, 0.4) is 0 Å². The normalized spacial score (nSPS) is 14.1. The summed E-state index contributed by atoms with van der Waals surface area (Å²) in [4.78, 5) is 151. The lowest BCUT2D eigenvalue weighted by molar-refractivity contribution is -0.142. The fourth-order valence-corrected chi connectivity index (χ4v) is 5.78. The van der Waals surface area contributed by atoms with Crippen molar-refractivity contribution in [3.05, 3.63) is 29.8 Å². The first kappa shape index (κ1) is 55.6. The van der Waals surface area contributed by atoms with E-state index in [0.717, 1.165) is 0 Å². The number of aromatic hydroxyl groups is 1. The summed E-state index contributed by atoms with van der Waals surface area (Å²) in [6.07, 6.45) is -3.64. The lowest BCUT2D eigenvalue weighted by Crippen LogP contribution is -2.61. The molecule has 1 aromatic carbocycles. The summed E-state index contributed by atoms with van der Waals surface area (Å²) in [5, 5.41) is 44.7. The number of nitrogens with one attached hydrogen (secondary N) is 7. The highest BCUT2D eigenvalue weighted by Gasteiger charge is 2.35. The molecule has 18 N–H and O–H groups in total. The van der Waals surface area contributed by atoms with Gasteiger partial charge in [-0.15, -0.1) is 0 Å². The van der Waals surface area contributed by atoms with E-state index in [1.807, 2.05) is 0 Å². The summed E-state index contributed by atoms with van der Waals surface area (Å²) in [5.74, 6) is -14.6. The number of hydrogen-bond acceptors (Lipinski definition) is 14. The van der Waals surface area contributed by atoms with Crippen LogP contribution in [0.15, 0.2) is 24.3 Å². The van der Waals surface area contributed by atoms with Crippen LogP contribution in [0, 0.1) is 11.8 Å². The Labute approximate surface area is 372 Å². The smallest absolute Gasteiger partial charge is 0.326 e. The van der Waals surface area contributed by atoms with Gasteiger partial charge in [0.05, 0.1) is 25.4 Å². The molecule has 0 aromatic heterocycles. The molecular weight excluding hydrogens is 862 g/mol. The van der Waals surface area contributed by atoms with Gasteiger partial charge in [-0.25, -0.2) is 4.79 Å². The molecule has 26 heteroatoms. The van der Waals surface area contributed by atoms with Gasteiger partial charge in [-0.05, 0) is 42.4 Å². The first-order valence-corrected chi connectivity index (χ1v) is 20.1. The second-order valence-electron chi connectivity index (χ2n) is 15.6. The topological polar surface area (TPSA) is 454 Å². The van der Waals surface area contributed by atoms with Gasteiger partial charge in [-0.2, -0.15) is 0 Å². The molecule has 65 heavy (non-hydrogen) atoms. The number of rotatable bonds is 29. The summed E-state index contributed by atoms with van der Waals surface area (Å²) in [5.41, 5.74) is 21.7. The van der Waals surface area contributed by atoms with Crippen molar-refractivity contribution in [1.82, 2.24) is 37.2 Å². The predicted octanol–water partition coefficient (Wildman–Crippen LogP) is -5.44. The average molecular weight is 922 g/mol. The maximum atomic E-state index is 13.6. The van der Waals surface area contributed by atoms with E-state index in [1.165, 1.54) is 52.0 Å². The third kappa shape index (κ3) is 21.0. The molecular formula is C39H59N11O15. The van der Waals surface area contributed by atoms with Crippen molar-refractivity contribution in [3.63, 3.8) is 0 Å². The summed E-state index contributed by atoms with van der Waals surface area (Å²) in [7, 11) is 0. The SMILES string of the molecule is CC(C)[C@H](NC(=O)[C@H](CCC(N)=O)NC(=O)[C@H](CC(=O)O)NC(=O)[C@@H](NC(=O)[C@H](CCC(N)=O)NC(=O)[C@@H](N)CC(N)=O)C(C)C)C(=O)NCC(=O)N[C@@H](Cc1ccc(O)cc1)C(=O)O. The average Bonchev–Trinajstić information content (AvgIpc) is 3.19. The van der Waals surface area contributed by atoms with Crippen LogP contribution in [-0.4, -0.2) is 135 Å². The largest absolute Gasteiger partial charge is 0.508 e. The van der Waals surface area contributed by atoms with E-state index in [9.17, 15) is 72.9 Å². The number of carbonyl (C=O) groups excluding carboxylic acids is 10. The summed E-state index contributed by atoms with van der Waals surface area (Å²) in [6.45, 7) is 5.20. The van der Waals surface area contributed by atoms with Gasteiger partial charge in [0.15, 0.2) is 0 Å². The molecule has 0 aliphatic heterocycles. The zero-order valence-corrected chi connectivity index (χ0v) is 36.2. The minimum atomic E-state index is -1.94. The lowest BCUT2D eigenvalue weighted by Gasteiger charge is -2.28. The van der Waals surface area contributed by atoms with E-state index in [0.29, 0.717) is 5.56 Å². The highest BCUT2D eigenvalue weighted by molar-refractivity contribution is 5.98. The Morgan fingerprint density at radius 3 is 1.42 bits per heavy atom. The lowest BCUT2D eigenvalue weighted by atomic mass is 10.0. The molecule has 1 rings (SSSR count). The summed E-state index contributed by atoms with van der Waals surface area (Å²) < 4.78 is 0. The molecule has 0 unspecified atom stereocenters. The highest BCUT2D eigenvalue weighted by atomic mass is 16.4. The van der Waals surface area contributed by atoms with E-state index in [-0.39, 0.29) is 18.6 Å². The Hall–Kier alpha value is -7.38. The van der Waals surface area contributed by atoms with Crippen molar-refractivity contribution in [1.29, 1.82) is 0 Å². The van der Waals surface area contributed by atoms with Gasteiger partial charge in [-0.1, -0.05) is 39.8 Å². The van der Waals surface area contributed by atoms with Crippen molar-refractivity contribution in [2.24, 2.45) is 34.8 Å². The first-order valence-electron chi connectivity index (χ1n) is 20.1. The summed E-state index contributed by atoms with van der Waals surface area (Å²) >= 11 is 0. The van der Waals surface area contributed by atoms with Crippen molar-refractivity contribution >= 4 is 71.0 Å². The van der Waals surface area contributed by atoms with Crippen LogP contribution in [0.1, 0.15) is 71.8 Å². The van der Waals surface area contributed by atoms with Crippen molar-refractivity contribution in [2.75, 3.05) is 6.54 Å². The van der Waals surface area contributed by atoms with Gasteiger partial charge in [0.1, 0.15) is 42.0 Å². The molecule has 0 heterocycles. The molecule has 0 radical (unpaired) electrons. The molecule has 7 atom stereocenters. The number of hydrogen-bond donors (Lipinski definition) is 14. The van der Waals surface area contributed by atoms with Gasteiger partial charge in [0, 0.05) is 19.3 Å². The number of primary amides is 3. The van der Waals surface area contributed by atoms with Crippen molar-refractivity contribution in [2.45, 2.75) is 115 Å². The van der Waals surface area contributed by atoms with Crippen molar-refractivity contribution < 1.29 is 72.9 Å². The number of benzene rings is 1. The van der Waals surface area contributed by atoms with Gasteiger partial charge < -0.3 is 75.5 Å². The van der Waals surface area contributed by atoms with Crippen LogP contribution < -0.4 is 60.2 Å². The van der Waals surface area contributed by atoms with Gasteiger partial charge in [0.25, 0.3) is 0 Å². The molecule has 0 saturated heterocycles. The fourth-order valence-electron chi connectivity index (χ4n) is 5.78. The molecule has 0 saturated carbocycles. The zero-order chi connectivity index (χ0) is 49.7. The molecule has 0 fully saturated rings. The number of phenolic OH excluding ortho intramolecular Hbond substituents is 1. The zero-order valence-electron chi connectivity index (χ0n) is 36.2. The molecule has 0 aliphatic carbocycles. The van der Waals surface area contributed by atoms with Crippen LogP contribution in [0.2, 0.25) is 0 Å². The van der Waals surface area contributed by atoms with Crippen LogP contribution in [-0.2, 0) is 64.0 Å². The Bertz CT molecular complexity index is 1930. The third-order valence-electron chi connectivity index (χ3n) is 9.32. The Kier molecular flexibility index (Phi) is 23.1. The molecule has 0 aliphatic rings. The van der Waals surface area contributed by atoms with E-state index in [1.54, 1.807) is 0 Å². The van der Waals surface area contributed by atoms with E-state index >= 15 is 0 Å². The first-order chi connectivity index (χ1) is 30.2. The molecule has 1 aromatic rings. The van der Waals surface area contributed by atoms with Crippen LogP contribution in [0.4, 0.5) is 0 Å². The van der Waals surface area contributed by atoms with Crippen LogP contribution in [0.5, 0.6) is 5.75 Å². The van der Waals surface area contributed by atoms with E-state index < -0.39 is 164 Å². The molecule has 10 amide bonds. The number of carboxylic acid groups (broad SMARTS) is 2. The minimum Gasteiger partial charge on any atom is -0.508 e. The quantitative estimate of drug-likeness (QED) is 0.0357. The van der Waals surface area contributed by atoms with Crippen molar-refractivity contribution in [3.8, 4) is 5.75 Å². The molecule has 0 spiro atoms. The number of amides is 10. The second kappa shape index (κ2) is 26.9. The number of nitrogens with two attached hydrogens (primary N) is 4. The number of carbonyl (C=O) groups is 12. The third-order valence-corrected chi connectivity index (χ3v) is 9.32. The Morgan fingerprint density at radius 2 is 0.985 bits per heavy atom. The van der Waals surface area contributed by atoms with E-state index in [4.69, 9.17) is 22.9 Å². The van der Waals surface area contributed by atoms with Crippen LogP contribution >= 0.6 is 0 Å². The number of carboxylic acids is 2. The van der Waals surface area contributed by atoms with Gasteiger partial charge >= 0.3 is 11.9 Å². The van der Waals surface area contributed by atoms with Crippen LogP contribution in [0.25, 0.3) is 0 Å². The van der Waals surface area contributed by atoms with Gasteiger partial charge in [-0.3, -0.25) is 52.7 Å². The summed E-state index contributed by atoms with van der Waals surface area (Å²) in [6, 6.07) is -5.44. The molecule has 0 bridgehead atoms. The standard InChI is InChI=1S/C39H59N11O15/c1-17(2)31(37(62)44-16-29(55)45-25(39(64)65)13-19-5-7-20(51)8-6-19)49-35(60)23(10-12-27(42)53)47-36(61)24(15-30(56)57)48-38(63)32(18(3)4)50-34(59)22(9-11-26(41)52)46-33(58)21(40)14-28(43)54/h5-8,17-18,21-25,31-32,51H,9-16,40H2,1-4H3,(H2,41,52)(H2,42,53)(H2,43,54)(H,44,62)(H,45,55)(H,46,58)(H,47,61)(H,48,63)(H,49,60)(H,50,59)(H,56,57)(H,64,65)/t21-,22-,23-,24-,25-,31-,32-/m0/s1. The maximum absolute atomic E-state index is 13.6. The predicted molar refractivity (Wildman–Crippen MR) is 225 cm³/mol. The number of phenols is 1. The number of aliphatic carboxylic acids is 2. The Balaban J connectivity index is 3.23. The Morgan fingerprint density at radius 1 is 0.538 bits per heavy atom. The van der Waals surface area contributed by atoms with E-state index in [2.05, 4.69) is 37.2 Å². The minimum absolute atomic E-state index is 0.0585.